The quantitative estimate of drug-likeness (QED) is 0.635. The maximum absolute atomic E-state index is 10.0. The van der Waals surface area contributed by atoms with Crippen molar-refractivity contribution in [3.05, 3.63) is 34.9 Å². The first kappa shape index (κ1) is 13.8. The van der Waals surface area contributed by atoms with Gasteiger partial charge in [-0.3, -0.25) is 0 Å². The Balaban J connectivity index is 2.03. The van der Waals surface area contributed by atoms with Gasteiger partial charge in [-0.2, -0.15) is 0 Å². The fourth-order valence-electron chi connectivity index (χ4n) is 4.13. The van der Waals surface area contributed by atoms with E-state index in [1.54, 1.807) is 7.11 Å². The molecule has 0 amide bonds. The van der Waals surface area contributed by atoms with Gasteiger partial charge in [0.1, 0.15) is 19.7 Å². The van der Waals surface area contributed by atoms with Crippen molar-refractivity contribution in [2.24, 2.45) is 0 Å². The van der Waals surface area contributed by atoms with Gasteiger partial charge in [0.05, 0.1) is 18.6 Å². The van der Waals surface area contributed by atoms with Crippen LogP contribution in [0, 0.1) is 6.92 Å². The molecule has 0 bridgehead atoms. The van der Waals surface area contributed by atoms with E-state index in [0.29, 0.717) is 6.42 Å². The Morgan fingerprint density at radius 1 is 1.45 bits per heavy atom. The minimum Gasteiger partial charge on any atom is -0.493 e. The molecule has 3 aliphatic rings. The highest BCUT2D eigenvalue weighted by Gasteiger charge is 2.53. The molecule has 22 heavy (non-hydrogen) atoms. The molecule has 1 aromatic rings. The third-order valence-corrected chi connectivity index (χ3v) is 5.31. The van der Waals surface area contributed by atoms with Gasteiger partial charge < -0.3 is 14.6 Å². The molecular weight excluding hydrogens is 278 g/mol. The van der Waals surface area contributed by atoms with Crippen LogP contribution >= 0.6 is 0 Å². The average Bonchev–Trinajstić information content (AvgIpc) is 2.74. The molecule has 0 radical (unpaired) electrons. The second kappa shape index (κ2) is 4.59. The van der Waals surface area contributed by atoms with Crippen LogP contribution in [-0.4, -0.2) is 48.8 Å². The first-order chi connectivity index (χ1) is 10.5. The van der Waals surface area contributed by atoms with Crippen LogP contribution in [0.1, 0.15) is 29.5 Å². The number of aryl methyl sites for hydroxylation is 1. The van der Waals surface area contributed by atoms with Crippen LogP contribution in [0.25, 0.3) is 0 Å². The molecule has 0 saturated heterocycles. The Bertz CT molecular complexity index is 707. The Kier molecular flexibility index (Phi) is 2.89. The average molecular weight is 300 g/mol. The molecule has 3 atom stereocenters. The summed E-state index contributed by atoms with van der Waals surface area (Å²) in [5.41, 5.74) is 3.53. The van der Waals surface area contributed by atoms with E-state index in [4.69, 9.17) is 9.47 Å². The molecule has 4 heteroatoms. The van der Waals surface area contributed by atoms with Gasteiger partial charge in [0.25, 0.3) is 0 Å². The highest BCUT2D eigenvalue weighted by Crippen LogP contribution is 2.55. The van der Waals surface area contributed by atoms with Gasteiger partial charge >= 0.3 is 0 Å². The van der Waals surface area contributed by atoms with Gasteiger partial charge in [0.2, 0.25) is 0 Å². The minimum absolute atomic E-state index is 0.0168. The zero-order valence-electron chi connectivity index (χ0n) is 13.3. The molecule has 2 aliphatic heterocycles. The summed E-state index contributed by atoms with van der Waals surface area (Å²) in [5.74, 6) is 1.66. The fourth-order valence-corrected chi connectivity index (χ4v) is 4.13. The molecule has 0 fully saturated rings. The van der Waals surface area contributed by atoms with Crippen LogP contribution in [0.3, 0.4) is 0 Å². The molecule has 116 valence electrons. The maximum atomic E-state index is 10.0. The lowest BCUT2D eigenvalue weighted by molar-refractivity contribution is -0.493. The van der Waals surface area contributed by atoms with Gasteiger partial charge in [-0.05, 0) is 18.6 Å². The van der Waals surface area contributed by atoms with Crippen molar-refractivity contribution in [3.63, 3.8) is 0 Å². The maximum Gasteiger partial charge on any atom is 0.171 e. The zero-order chi connectivity index (χ0) is 15.5. The predicted octanol–water partition coefficient (Wildman–Crippen LogP) is 1.79. The number of hydrogen-bond donors (Lipinski definition) is 1. The van der Waals surface area contributed by atoms with Crippen molar-refractivity contribution in [3.8, 4) is 11.5 Å². The number of rotatable bonds is 1. The van der Waals surface area contributed by atoms with Crippen molar-refractivity contribution in [2.75, 3.05) is 20.7 Å². The van der Waals surface area contributed by atoms with E-state index in [1.165, 1.54) is 16.7 Å². The molecule has 1 N–H and O–H groups in total. The van der Waals surface area contributed by atoms with E-state index in [2.05, 4.69) is 36.9 Å². The summed E-state index contributed by atoms with van der Waals surface area (Å²) in [4.78, 5) is 0. The van der Waals surface area contributed by atoms with Crippen molar-refractivity contribution >= 4 is 6.21 Å². The highest BCUT2D eigenvalue weighted by atomic mass is 16.5. The number of nitrogens with zero attached hydrogens (tertiary/aromatic N) is 1. The fraction of sp³-hybridized carbons (Fsp3) is 0.500. The number of hydrogen-bond acceptors (Lipinski definition) is 3. The highest BCUT2D eigenvalue weighted by molar-refractivity contribution is 5.85. The molecular formula is C18H22NO3+. The Morgan fingerprint density at radius 3 is 3.05 bits per heavy atom. The largest absolute Gasteiger partial charge is 0.493 e. The van der Waals surface area contributed by atoms with Crippen molar-refractivity contribution in [1.82, 2.24) is 0 Å². The second-order valence-corrected chi connectivity index (χ2v) is 6.68. The standard InChI is InChI=1S/C18H22NO3/c1-11-8-14(21-3)17-16-13(11)10-19(2)7-6-18(16)5-4-12(20)9-15(18)22-17/h4-5,8,10,12,15,20H,6-7,9H2,1-3H3/q+1/t12-,15?,18?/m0/s1. The third kappa shape index (κ3) is 1.70. The number of ether oxygens (including phenoxy) is 2. The predicted molar refractivity (Wildman–Crippen MR) is 84.4 cm³/mol. The topological polar surface area (TPSA) is 41.7 Å². The van der Waals surface area contributed by atoms with Gasteiger partial charge in [-0.15, -0.1) is 0 Å². The smallest absolute Gasteiger partial charge is 0.171 e. The first-order valence-corrected chi connectivity index (χ1v) is 7.86. The van der Waals surface area contributed by atoms with Crippen LogP contribution < -0.4 is 9.47 Å². The van der Waals surface area contributed by atoms with E-state index in [1.807, 2.05) is 6.08 Å². The number of benzene rings is 1. The van der Waals surface area contributed by atoms with Crippen molar-refractivity contribution < 1.29 is 19.2 Å². The van der Waals surface area contributed by atoms with Gasteiger partial charge in [-0.25, -0.2) is 4.58 Å². The Hall–Kier alpha value is -1.81. The summed E-state index contributed by atoms with van der Waals surface area (Å²) >= 11 is 0. The summed E-state index contributed by atoms with van der Waals surface area (Å²) in [7, 11) is 3.80. The number of methoxy groups -OCH3 is 1. The summed E-state index contributed by atoms with van der Waals surface area (Å²) in [6.45, 7) is 3.09. The molecule has 2 unspecified atom stereocenters. The molecule has 1 aliphatic carbocycles. The zero-order valence-corrected chi connectivity index (χ0v) is 13.3. The molecule has 0 aromatic heterocycles. The summed E-state index contributed by atoms with van der Waals surface area (Å²) in [5, 5.41) is 10.0. The molecule has 1 aromatic carbocycles. The Morgan fingerprint density at radius 2 is 2.27 bits per heavy atom. The molecule has 4 nitrogen and oxygen atoms in total. The lowest BCUT2D eigenvalue weighted by atomic mass is 9.68. The van der Waals surface area contributed by atoms with E-state index in [-0.39, 0.29) is 11.5 Å². The number of aliphatic hydroxyl groups excluding tert-OH is 1. The molecule has 4 rings (SSSR count). The van der Waals surface area contributed by atoms with E-state index < -0.39 is 6.10 Å². The van der Waals surface area contributed by atoms with E-state index in [9.17, 15) is 5.11 Å². The minimum atomic E-state index is -0.426. The van der Waals surface area contributed by atoms with Crippen LogP contribution in [0.15, 0.2) is 18.2 Å². The summed E-state index contributed by atoms with van der Waals surface area (Å²) in [6.07, 6.45) is 7.50. The lowest BCUT2D eigenvalue weighted by Gasteiger charge is -2.34. The third-order valence-electron chi connectivity index (χ3n) is 5.31. The normalized spacial score (nSPS) is 31.7. The summed E-state index contributed by atoms with van der Waals surface area (Å²) < 4.78 is 14.1. The van der Waals surface area contributed by atoms with Crippen molar-refractivity contribution in [1.29, 1.82) is 0 Å². The molecule has 0 saturated carbocycles. The Labute approximate surface area is 130 Å². The molecule has 2 heterocycles. The SMILES string of the molecule is COc1cc(C)c2c3c1OC1C[C@@H](O)C=CC31CC[N+](C)=C2. The van der Waals surface area contributed by atoms with Crippen molar-refractivity contribution in [2.45, 2.75) is 37.4 Å². The second-order valence-electron chi connectivity index (χ2n) is 6.68. The molecule has 1 spiro atoms. The van der Waals surface area contributed by atoms with E-state index >= 15 is 0 Å². The number of aliphatic hydroxyl groups is 1. The van der Waals surface area contributed by atoms with Gasteiger partial charge in [0.15, 0.2) is 17.7 Å². The van der Waals surface area contributed by atoms with Crippen LogP contribution in [0.5, 0.6) is 11.5 Å². The summed E-state index contributed by atoms with van der Waals surface area (Å²) in [6, 6.07) is 2.05. The monoisotopic (exact) mass is 300 g/mol. The first-order valence-electron chi connectivity index (χ1n) is 7.86. The van der Waals surface area contributed by atoms with E-state index in [0.717, 1.165) is 24.5 Å². The van der Waals surface area contributed by atoms with Crippen LogP contribution in [-0.2, 0) is 5.41 Å². The van der Waals surface area contributed by atoms with Crippen LogP contribution in [0.2, 0.25) is 0 Å². The lowest BCUT2D eigenvalue weighted by Crippen LogP contribution is -2.42. The van der Waals surface area contributed by atoms with Crippen LogP contribution in [0.4, 0.5) is 0 Å². The van der Waals surface area contributed by atoms with Gasteiger partial charge in [-0.1, -0.05) is 12.2 Å². The van der Waals surface area contributed by atoms with Gasteiger partial charge in [0, 0.05) is 24.0 Å².